The molecule has 10 heteroatoms. The highest BCUT2D eigenvalue weighted by Gasteiger charge is 2.19. The second-order valence-electron chi connectivity index (χ2n) is 5.49. The number of sulfonamides is 1. The van der Waals surface area contributed by atoms with Crippen LogP contribution in [-0.2, 0) is 16.6 Å². The quantitative estimate of drug-likeness (QED) is 0.688. The summed E-state index contributed by atoms with van der Waals surface area (Å²) in [5.41, 5.74) is 0.521. The number of carbonyl (C=O) groups is 1. The molecular formula is C16H16N4O4S2. The van der Waals surface area contributed by atoms with Gasteiger partial charge in [-0.1, -0.05) is 6.07 Å². The van der Waals surface area contributed by atoms with Gasteiger partial charge in [-0.2, -0.15) is 0 Å². The van der Waals surface area contributed by atoms with Crippen LogP contribution in [0.3, 0.4) is 0 Å². The Morgan fingerprint density at radius 3 is 2.54 bits per heavy atom. The van der Waals surface area contributed by atoms with E-state index in [9.17, 15) is 13.2 Å². The molecule has 3 rings (SSSR count). The number of nitrogens with zero attached hydrogens (tertiary/aromatic N) is 3. The zero-order valence-electron chi connectivity index (χ0n) is 14.0. The lowest BCUT2D eigenvalue weighted by atomic mass is 10.2. The molecule has 1 amide bonds. The summed E-state index contributed by atoms with van der Waals surface area (Å²) in [6.07, 6.45) is 0. The highest BCUT2D eigenvalue weighted by molar-refractivity contribution is 7.89. The van der Waals surface area contributed by atoms with E-state index in [0.29, 0.717) is 12.1 Å². The van der Waals surface area contributed by atoms with Gasteiger partial charge < -0.3 is 9.73 Å². The maximum atomic E-state index is 12.1. The molecule has 0 fully saturated rings. The Bertz CT molecular complexity index is 993. The Morgan fingerprint density at radius 2 is 1.92 bits per heavy atom. The fourth-order valence-corrected chi connectivity index (χ4v) is 3.61. The fourth-order valence-electron chi connectivity index (χ4n) is 2.07. The van der Waals surface area contributed by atoms with Gasteiger partial charge in [-0.3, -0.25) is 4.79 Å². The zero-order chi connectivity index (χ0) is 18.7. The number of hydrogen-bond acceptors (Lipinski definition) is 7. The third-order valence-electron chi connectivity index (χ3n) is 3.50. The third kappa shape index (κ3) is 3.82. The van der Waals surface area contributed by atoms with Crippen molar-refractivity contribution < 1.29 is 17.6 Å². The lowest BCUT2D eigenvalue weighted by molar-refractivity contribution is 0.0917. The van der Waals surface area contributed by atoms with Crippen molar-refractivity contribution in [3.05, 3.63) is 52.5 Å². The van der Waals surface area contributed by atoms with E-state index in [1.165, 1.54) is 37.6 Å². The van der Waals surface area contributed by atoms with E-state index in [2.05, 4.69) is 15.5 Å². The van der Waals surface area contributed by atoms with E-state index >= 15 is 0 Å². The van der Waals surface area contributed by atoms with Crippen molar-refractivity contribution in [2.45, 2.75) is 11.4 Å². The Kier molecular flexibility index (Phi) is 5.16. The normalized spacial score (nSPS) is 11.7. The van der Waals surface area contributed by atoms with Crippen LogP contribution in [0.5, 0.6) is 0 Å². The van der Waals surface area contributed by atoms with Gasteiger partial charge in [-0.25, -0.2) is 12.7 Å². The topological polar surface area (TPSA) is 105 Å². The summed E-state index contributed by atoms with van der Waals surface area (Å²) in [6, 6.07) is 9.82. The highest BCUT2D eigenvalue weighted by Crippen LogP contribution is 2.21. The highest BCUT2D eigenvalue weighted by atomic mass is 32.2. The average Bonchev–Trinajstić information content (AvgIpc) is 3.31. The van der Waals surface area contributed by atoms with Crippen molar-refractivity contribution in [2.75, 3.05) is 14.1 Å². The van der Waals surface area contributed by atoms with Crippen LogP contribution in [0.15, 0.2) is 51.1 Å². The molecule has 0 unspecified atom stereocenters. The first-order valence-electron chi connectivity index (χ1n) is 7.55. The van der Waals surface area contributed by atoms with Gasteiger partial charge in [0.1, 0.15) is 0 Å². The predicted molar refractivity (Wildman–Crippen MR) is 96.1 cm³/mol. The Labute approximate surface area is 154 Å². The number of benzene rings is 1. The minimum absolute atomic E-state index is 0.139. The van der Waals surface area contributed by atoms with Crippen LogP contribution in [0.25, 0.3) is 11.5 Å². The van der Waals surface area contributed by atoms with Gasteiger partial charge in [-0.05, 0) is 35.7 Å². The van der Waals surface area contributed by atoms with Crippen LogP contribution in [0.1, 0.15) is 15.6 Å². The molecule has 0 bridgehead atoms. The summed E-state index contributed by atoms with van der Waals surface area (Å²) < 4.78 is 30.6. The van der Waals surface area contributed by atoms with E-state index in [-0.39, 0.29) is 16.7 Å². The van der Waals surface area contributed by atoms with Crippen molar-refractivity contribution in [2.24, 2.45) is 0 Å². The molecule has 0 radical (unpaired) electrons. The minimum atomic E-state index is -3.51. The molecule has 8 nitrogen and oxygen atoms in total. The largest absolute Gasteiger partial charge is 0.412 e. The Balaban J connectivity index is 1.72. The first kappa shape index (κ1) is 18.2. The Hall–Kier alpha value is -2.56. The average molecular weight is 392 g/mol. The van der Waals surface area contributed by atoms with Crippen LogP contribution < -0.4 is 5.32 Å². The molecule has 136 valence electrons. The zero-order valence-corrected chi connectivity index (χ0v) is 15.7. The van der Waals surface area contributed by atoms with E-state index in [1.807, 2.05) is 17.5 Å². The smallest absolute Gasteiger partial charge is 0.309 e. The van der Waals surface area contributed by atoms with Crippen molar-refractivity contribution in [3.8, 4) is 11.5 Å². The maximum Gasteiger partial charge on any atom is 0.309 e. The van der Waals surface area contributed by atoms with Gasteiger partial charge in [0, 0.05) is 24.5 Å². The molecule has 2 heterocycles. The van der Waals surface area contributed by atoms with Crippen molar-refractivity contribution >= 4 is 27.3 Å². The molecule has 0 spiro atoms. The van der Waals surface area contributed by atoms with Crippen molar-refractivity contribution in [3.63, 3.8) is 0 Å². The van der Waals surface area contributed by atoms with Crippen molar-refractivity contribution in [1.29, 1.82) is 0 Å². The van der Waals surface area contributed by atoms with E-state index in [0.717, 1.165) is 9.18 Å². The SMILES string of the molecule is CN(C)S(=O)(=O)c1ccc(-c2nnc(C(=O)NCc3cccs3)o2)cc1. The summed E-state index contributed by atoms with van der Waals surface area (Å²) in [4.78, 5) is 13.2. The molecular weight excluding hydrogens is 376 g/mol. The number of aromatic nitrogens is 2. The number of amides is 1. The van der Waals surface area contributed by atoms with Gasteiger partial charge in [0.2, 0.25) is 15.9 Å². The molecule has 26 heavy (non-hydrogen) atoms. The molecule has 0 saturated heterocycles. The maximum absolute atomic E-state index is 12.1. The predicted octanol–water partition coefficient (Wildman–Crippen LogP) is 1.98. The van der Waals surface area contributed by atoms with E-state index in [1.54, 1.807) is 12.1 Å². The number of thiophene rings is 1. The summed E-state index contributed by atoms with van der Waals surface area (Å²) in [5.74, 6) is -0.481. The Morgan fingerprint density at radius 1 is 1.19 bits per heavy atom. The van der Waals surface area contributed by atoms with Gasteiger partial charge in [0.15, 0.2) is 0 Å². The molecule has 1 N–H and O–H groups in total. The van der Waals surface area contributed by atoms with E-state index in [4.69, 9.17) is 4.42 Å². The fraction of sp³-hybridized carbons (Fsp3) is 0.188. The molecule has 0 atom stereocenters. The molecule has 2 aromatic heterocycles. The van der Waals surface area contributed by atoms with Gasteiger partial charge in [0.25, 0.3) is 0 Å². The van der Waals surface area contributed by atoms with Crippen LogP contribution in [-0.4, -0.2) is 42.9 Å². The molecule has 3 aromatic rings. The minimum Gasteiger partial charge on any atom is -0.412 e. The molecule has 0 aliphatic heterocycles. The van der Waals surface area contributed by atoms with Gasteiger partial charge in [-0.15, -0.1) is 21.5 Å². The lowest BCUT2D eigenvalue weighted by Gasteiger charge is -2.11. The summed E-state index contributed by atoms with van der Waals surface area (Å²) in [7, 11) is -0.588. The summed E-state index contributed by atoms with van der Waals surface area (Å²) in [6.45, 7) is 0.380. The first-order chi connectivity index (χ1) is 12.4. The molecule has 1 aromatic carbocycles. The van der Waals surface area contributed by atoms with Crippen LogP contribution in [0.2, 0.25) is 0 Å². The monoisotopic (exact) mass is 392 g/mol. The van der Waals surface area contributed by atoms with Crippen LogP contribution >= 0.6 is 11.3 Å². The number of hydrogen-bond donors (Lipinski definition) is 1. The number of carbonyl (C=O) groups excluding carboxylic acids is 1. The lowest BCUT2D eigenvalue weighted by Crippen LogP contribution is -2.22. The first-order valence-corrected chi connectivity index (χ1v) is 9.87. The van der Waals surface area contributed by atoms with Crippen molar-refractivity contribution in [1.82, 2.24) is 19.8 Å². The summed E-state index contributed by atoms with van der Waals surface area (Å²) in [5, 5.41) is 12.2. The second kappa shape index (κ2) is 7.36. The standard InChI is InChI=1S/C16H16N4O4S2/c1-20(2)26(22,23)13-7-5-11(6-8-13)15-18-19-16(24-15)14(21)17-10-12-4-3-9-25-12/h3-9H,10H2,1-2H3,(H,17,21). The molecule has 0 aliphatic rings. The van der Waals surface area contributed by atoms with Gasteiger partial charge >= 0.3 is 11.8 Å². The van der Waals surface area contributed by atoms with E-state index < -0.39 is 15.9 Å². The molecule has 0 saturated carbocycles. The molecule has 0 aliphatic carbocycles. The summed E-state index contributed by atoms with van der Waals surface area (Å²) >= 11 is 1.53. The van der Waals surface area contributed by atoms with Gasteiger partial charge in [0.05, 0.1) is 11.4 Å². The number of rotatable bonds is 6. The number of nitrogens with one attached hydrogen (secondary N) is 1. The third-order valence-corrected chi connectivity index (χ3v) is 6.21. The second-order valence-corrected chi connectivity index (χ2v) is 8.67. The van der Waals surface area contributed by atoms with Crippen LogP contribution in [0.4, 0.5) is 0 Å². The van der Waals surface area contributed by atoms with Crippen LogP contribution in [0, 0.1) is 0 Å².